The third kappa shape index (κ3) is 2.59. The van der Waals surface area contributed by atoms with Crippen molar-refractivity contribution >= 4 is 17.4 Å². The van der Waals surface area contributed by atoms with Crippen LogP contribution in [-0.4, -0.2) is 15.6 Å². The van der Waals surface area contributed by atoms with Crippen LogP contribution >= 0.6 is 11.6 Å². The predicted octanol–water partition coefficient (Wildman–Crippen LogP) is 2.54. The minimum atomic E-state index is 0.0531. The van der Waals surface area contributed by atoms with Crippen molar-refractivity contribution in [3.63, 3.8) is 0 Å². The number of Topliss-reactive ketones (excluding diaryl/α,β-unsaturated/α-hetero) is 1. The molecule has 4 heteroatoms. The molecule has 1 aromatic rings. The molecule has 1 aromatic heterocycles. The van der Waals surface area contributed by atoms with E-state index in [1.54, 1.807) is 11.6 Å². The summed E-state index contributed by atoms with van der Waals surface area (Å²) in [5.74, 6) is 0.268. The quantitative estimate of drug-likeness (QED) is 0.794. The number of carbonyl (C=O) groups excluding carboxylic acids is 1. The van der Waals surface area contributed by atoms with Gasteiger partial charge in [-0.15, -0.1) is 0 Å². The average molecular weight is 229 g/mol. The highest BCUT2D eigenvalue weighted by Gasteiger charge is 2.18. The van der Waals surface area contributed by atoms with E-state index in [9.17, 15) is 4.79 Å². The molecule has 0 saturated carbocycles. The molecule has 0 aliphatic heterocycles. The number of carbonyl (C=O) groups is 1. The molecule has 15 heavy (non-hydrogen) atoms. The van der Waals surface area contributed by atoms with Gasteiger partial charge in [-0.1, -0.05) is 18.5 Å². The normalized spacial score (nSPS) is 12.9. The van der Waals surface area contributed by atoms with E-state index in [-0.39, 0.29) is 11.7 Å². The standard InChI is InChI=1S/C11H17ClN2O/c1-5-9(8(3)15)6-10-11(12)7(2)13-14(10)4/h9H,5-6H2,1-4H3. The molecule has 0 amide bonds. The summed E-state index contributed by atoms with van der Waals surface area (Å²) >= 11 is 6.13. The smallest absolute Gasteiger partial charge is 0.133 e. The van der Waals surface area contributed by atoms with Gasteiger partial charge in [-0.3, -0.25) is 9.48 Å². The van der Waals surface area contributed by atoms with Crippen molar-refractivity contribution in [3.8, 4) is 0 Å². The number of aromatic nitrogens is 2. The highest BCUT2D eigenvalue weighted by atomic mass is 35.5. The van der Waals surface area contributed by atoms with Gasteiger partial charge < -0.3 is 0 Å². The Kier molecular flexibility index (Phi) is 3.91. The van der Waals surface area contributed by atoms with Gasteiger partial charge in [0.25, 0.3) is 0 Å². The first-order valence-corrected chi connectivity index (χ1v) is 5.53. The summed E-state index contributed by atoms with van der Waals surface area (Å²) in [5, 5.41) is 4.92. The van der Waals surface area contributed by atoms with Gasteiger partial charge in [0.1, 0.15) is 5.78 Å². The maximum Gasteiger partial charge on any atom is 0.133 e. The second kappa shape index (κ2) is 4.79. The zero-order chi connectivity index (χ0) is 11.6. The number of aryl methyl sites for hydroxylation is 2. The minimum absolute atomic E-state index is 0.0531. The average Bonchev–Trinajstić information content (AvgIpc) is 2.39. The van der Waals surface area contributed by atoms with Crippen molar-refractivity contribution in [2.45, 2.75) is 33.6 Å². The van der Waals surface area contributed by atoms with E-state index in [0.717, 1.165) is 17.8 Å². The summed E-state index contributed by atoms with van der Waals surface area (Å²) in [6.45, 7) is 5.52. The molecule has 0 bridgehead atoms. The number of halogens is 1. The molecule has 0 spiro atoms. The minimum Gasteiger partial charge on any atom is -0.300 e. The van der Waals surface area contributed by atoms with Crippen LogP contribution in [0.25, 0.3) is 0 Å². The lowest BCUT2D eigenvalue weighted by Crippen LogP contribution is -2.15. The number of nitrogens with zero attached hydrogens (tertiary/aromatic N) is 2. The van der Waals surface area contributed by atoms with E-state index in [2.05, 4.69) is 5.10 Å². The molecule has 0 N–H and O–H groups in total. The molecular weight excluding hydrogens is 212 g/mol. The van der Waals surface area contributed by atoms with Gasteiger partial charge >= 0.3 is 0 Å². The molecule has 3 nitrogen and oxygen atoms in total. The Morgan fingerprint density at radius 2 is 2.20 bits per heavy atom. The second-order valence-electron chi connectivity index (χ2n) is 3.89. The van der Waals surface area contributed by atoms with Crippen LogP contribution in [0, 0.1) is 12.8 Å². The van der Waals surface area contributed by atoms with Crippen molar-refractivity contribution in [1.82, 2.24) is 9.78 Å². The van der Waals surface area contributed by atoms with Crippen molar-refractivity contribution in [2.24, 2.45) is 13.0 Å². The molecule has 1 unspecified atom stereocenters. The van der Waals surface area contributed by atoms with Crippen molar-refractivity contribution in [3.05, 3.63) is 16.4 Å². The molecule has 0 saturated heterocycles. The monoisotopic (exact) mass is 228 g/mol. The zero-order valence-corrected chi connectivity index (χ0v) is 10.4. The highest BCUT2D eigenvalue weighted by Crippen LogP contribution is 2.23. The van der Waals surface area contributed by atoms with Crippen LogP contribution < -0.4 is 0 Å². The van der Waals surface area contributed by atoms with E-state index in [1.807, 2.05) is 20.9 Å². The van der Waals surface area contributed by atoms with Crippen LogP contribution in [0.3, 0.4) is 0 Å². The summed E-state index contributed by atoms with van der Waals surface area (Å²) in [6.07, 6.45) is 1.53. The molecular formula is C11H17ClN2O. The van der Waals surface area contributed by atoms with E-state index < -0.39 is 0 Å². The van der Waals surface area contributed by atoms with Crippen LogP contribution in [0.1, 0.15) is 31.7 Å². The molecule has 0 aliphatic rings. The van der Waals surface area contributed by atoms with Gasteiger partial charge in [0.05, 0.1) is 16.4 Å². The molecule has 1 heterocycles. The van der Waals surface area contributed by atoms with Crippen LogP contribution in [0.15, 0.2) is 0 Å². The van der Waals surface area contributed by atoms with E-state index in [1.165, 1.54) is 0 Å². The SMILES string of the molecule is CCC(Cc1c(Cl)c(C)nn1C)C(C)=O. The summed E-state index contributed by atoms with van der Waals surface area (Å²) in [6, 6.07) is 0. The van der Waals surface area contributed by atoms with Gasteiger partial charge in [0.15, 0.2) is 0 Å². The highest BCUT2D eigenvalue weighted by molar-refractivity contribution is 6.31. The van der Waals surface area contributed by atoms with Crippen molar-refractivity contribution in [1.29, 1.82) is 0 Å². The Balaban J connectivity index is 2.92. The van der Waals surface area contributed by atoms with Gasteiger partial charge in [-0.25, -0.2) is 0 Å². The molecule has 1 atom stereocenters. The van der Waals surface area contributed by atoms with Crippen molar-refractivity contribution < 1.29 is 4.79 Å². The lowest BCUT2D eigenvalue weighted by atomic mass is 9.96. The second-order valence-corrected chi connectivity index (χ2v) is 4.27. The zero-order valence-electron chi connectivity index (χ0n) is 9.67. The Morgan fingerprint density at radius 1 is 1.60 bits per heavy atom. The van der Waals surface area contributed by atoms with Gasteiger partial charge in [-0.2, -0.15) is 5.10 Å². The lowest BCUT2D eigenvalue weighted by Gasteiger charge is -2.11. The number of rotatable bonds is 4. The van der Waals surface area contributed by atoms with Crippen LogP contribution in [0.5, 0.6) is 0 Å². The maximum atomic E-state index is 11.3. The van der Waals surface area contributed by atoms with E-state index in [4.69, 9.17) is 11.6 Å². The number of ketones is 1. The Morgan fingerprint density at radius 3 is 2.53 bits per heavy atom. The fraction of sp³-hybridized carbons (Fsp3) is 0.636. The third-order valence-corrected chi connectivity index (χ3v) is 3.26. The van der Waals surface area contributed by atoms with Gasteiger partial charge in [-0.05, 0) is 20.3 Å². The van der Waals surface area contributed by atoms with Gasteiger partial charge in [0, 0.05) is 19.4 Å². The van der Waals surface area contributed by atoms with Gasteiger partial charge in [0.2, 0.25) is 0 Å². The summed E-state index contributed by atoms with van der Waals surface area (Å²) in [5.41, 5.74) is 1.78. The molecule has 0 aliphatic carbocycles. The van der Waals surface area contributed by atoms with E-state index >= 15 is 0 Å². The molecule has 1 rings (SSSR count). The summed E-state index contributed by atoms with van der Waals surface area (Å²) < 4.78 is 1.77. The predicted molar refractivity (Wildman–Crippen MR) is 61.1 cm³/mol. The largest absolute Gasteiger partial charge is 0.300 e. The molecule has 84 valence electrons. The Hall–Kier alpha value is -0.830. The first-order valence-electron chi connectivity index (χ1n) is 5.15. The topological polar surface area (TPSA) is 34.9 Å². The fourth-order valence-corrected chi connectivity index (χ4v) is 1.95. The van der Waals surface area contributed by atoms with E-state index in [0.29, 0.717) is 11.4 Å². The molecule has 0 aromatic carbocycles. The Labute approximate surface area is 95.4 Å². The van der Waals surface area contributed by atoms with Crippen LogP contribution in [0.4, 0.5) is 0 Å². The fourth-order valence-electron chi connectivity index (χ4n) is 1.71. The Bertz CT molecular complexity index is 371. The number of hydrogen-bond donors (Lipinski definition) is 0. The summed E-state index contributed by atoms with van der Waals surface area (Å²) in [4.78, 5) is 11.3. The lowest BCUT2D eigenvalue weighted by molar-refractivity contribution is -0.120. The van der Waals surface area contributed by atoms with Crippen LogP contribution in [0.2, 0.25) is 5.02 Å². The molecule has 0 fully saturated rings. The maximum absolute atomic E-state index is 11.3. The molecule has 0 radical (unpaired) electrons. The van der Waals surface area contributed by atoms with Crippen molar-refractivity contribution in [2.75, 3.05) is 0 Å². The first kappa shape index (κ1) is 12.2. The first-order chi connectivity index (χ1) is 6.97. The third-order valence-electron chi connectivity index (χ3n) is 2.77. The summed E-state index contributed by atoms with van der Waals surface area (Å²) in [7, 11) is 1.86. The number of hydrogen-bond acceptors (Lipinski definition) is 2. The van der Waals surface area contributed by atoms with Crippen LogP contribution in [-0.2, 0) is 18.3 Å².